The summed E-state index contributed by atoms with van der Waals surface area (Å²) in [6.45, 7) is 4.67. The second kappa shape index (κ2) is 7.13. The van der Waals surface area contributed by atoms with Gasteiger partial charge < -0.3 is 20.7 Å². The Bertz CT molecular complexity index is 626. The standard InChI is InChI=1S/C17H26N6O2/c24-13-10-18-15-14(22-13)16(21-12-20-15)19-11-17(4-2-1-3-5-17)23-6-8-25-9-7-23/h12H,1-11H2,(H,22,24)(H2,18,19,20,21). The van der Waals surface area contributed by atoms with E-state index in [9.17, 15) is 4.79 Å². The number of carbonyl (C=O) groups is 1. The van der Waals surface area contributed by atoms with Crippen molar-refractivity contribution in [3.05, 3.63) is 6.33 Å². The van der Waals surface area contributed by atoms with Crippen LogP contribution in [-0.4, -0.2) is 65.7 Å². The lowest BCUT2D eigenvalue weighted by molar-refractivity contribution is -0.114. The fraction of sp³-hybridized carbons (Fsp3) is 0.706. The van der Waals surface area contributed by atoms with E-state index >= 15 is 0 Å². The molecule has 0 radical (unpaired) electrons. The average Bonchev–Trinajstić information content (AvgIpc) is 2.68. The summed E-state index contributed by atoms with van der Waals surface area (Å²) in [5.41, 5.74) is 0.804. The Morgan fingerprint density at radius 2 is 2.00 bits per heavy atom. The predicted octanol–water partition coefficient (Wildman–Crippen LogP) is 1.29. The Morgan fingerprint density at radius 1 is 1.20 bits per heavy atom. The molecule has 3 heterocycles. The van der Waals surface area contributed by atoms with Gasteiger partial charge in [-0.15, -0.1) is 0 Å². The third kappa shape index (κ3) is 3.41. The summed E-state index contributed by atoms with van der Waals surface area (Å²) in [6.07, 6.45) is 7.76. The van der Waals surface area contributed by atoms with Crippen LogP contribution < -0.4 is 16.0 Å². The van der Waals surface area contributed by atoms with E-state index in [0.29, 0.717) is 17.3 Å². The molecule has 1 aromatic rings. The van der Waals surface area contributed by atoms with Gasteiger partial charge in [-0.1, -0.05) is 19.3 Å². The van der Waals surface area contributed by atoms with Gasteiger partial charge in [0, 0.05) is 25.2 Å². The zero-order valence-corrected chi connectivity index (χ0v) is 14.5. The van der Waals surface area contributed by atoms with E-state index < -0.39 is 0 Å². The Labute approximate surface area is 147 Å². The van der Waals surface area contributed by atoms with Crippen molar-refractivity contribution in [3.8, 4) is 0 Å². The molecule has 1 aromatic heterocycles. The molecule has 1 amide bonds. The zero-order chi connectivity index (χ0) is 17.1. The number of fused-ring (bicyclic) bond motifs is 1. The number of hydrogen-bond donors (Lipinski definition) is 3. The molecule has 8 nitrogen and oxygen atoms in total. The van der Waals surface area contributed by atoms with Crippen molar-refractivity contribution in [3.63, 3.8) is 0 Å². The van der Waals surface area contributed by atoms with Crippen LogP contribution in [0.2, 0.25) is 0 Å². The zero-order valence-electron chi connectivity index (χ0n) is 14.5. The highest BCUT2D eigenvalue weighted by molar-refractivity contribution is 6.02. The molecule has 0 aromatic carbocycles. The normalized spacial score (nSPS) is 23.3. The third-order valence-corrected chi connectivity index (χ3v) is 5.58. The van der Waals surface area contributed by atoms with Crippen molar-refractivity contribution in [2.75, 3.05) is 55.3 Å². The van der Waals surface area contributed by atoms with E-state index in [2.05, 4.69) is 30.8 Å². The maximum Gasteiger partial charge on any atom is 0.243 e. The van der Waals surface area contributed by atoms with Crippen LogP contribution in [0, 0.1) is 0 Å². The van der Waals surface area contributed by atoms with E-state index in [1.54, 1.807) is 0 Å². The molecule has 136 valence electrons. The summed E-state index contributed by atoms with van der Waals surface area (Å²) in [6, 6.07) is 0. The van der Waals surface area contributed by atoms with Crippen LogP contribution in [0.5, 0.6) is 0 Å². The lowest BCUT2D eigenvalue weighted by Crippen LogP contribution is -2.58. The van der Waals surface area contributed by atoms with Crippen molar-refractivity contribution in [1.82, 2.24) is 14.9 Å². The fourth-order valence-electron chi connectivity index (χ4n) is 4.22. The Hall–Kier alpha value is -1.93. The van der Waals surface area contributed by atoms with Gasteiger partial charge in [-0.2, -0.15) is 0 Å². The first-order valence-corrected chi connectivity index (χ1v) is 9.22. The van der Waals surface area contributed by atoms with E-state index in [1.807, 2.05) is 0 Å². The minimum absolute atomic E-state index is 0.0640. The van der Waals surface area contributed by atoms with Gasteiger partial charge in [0.05, 0.1) is 19.8 Å². The molecule has 8 heteroatoms. The van der Waals surface area contributed by atoms with Gasteiger partial charge in [-0.05, 0) is 12.8 Å². The molecule has 1 saturated heterocycles. The van der Waals surface area contributed by atoms with Crippen molar-refractivity contribution >= 4 is 23.2 Å². The maximum atomic E-state index is 11.7. The molecule has 2 aliphatic heterocycles. The molecule has 3 aliphatic rings. The predicted molar refractivity (Wildman–Crippen MR) is 95.8 cm³/mol. The van der Waals surface area contributed by atoms with E-state index in [0.717, 1.165) is 32.8 Å². The van der Waals surface area contributed by atoms with E-state index in [-0.39, 0.29) is 18.0 Å². The average molecular weight is 346 g/mol. The van der Waals surface area contributed by atoms with E-state index in [1.165, 1.54) is 38.4 Å². The Balaban J connectivity index is 1.53. The van der Waals surface area contributed by atoms with Crippen molar-refractivity contribution in [2.24, 2.45) is 0 Å². The Kier molecular flexibility index (Phi) is 4.72. The number of hydrogen-bond acceptors (Lipinski definition) is 7. The SMILES string of the molecule is O=C1CNc2ncnc(NCC3(N4CCOCC4)CCCCC3)c2N1. The highest BCUT2D eigenvalue weighted by atomic mass is 16.5. The largest absolute Gasteiger partial charge is 0.379 e. The molecular weight excluding hydrogens is 320 g/mol. The van der Waals surface area contributed by atoms with Gasteiger partial charge >= 0.3 is 0 Å². The van der Waals surface area contributed by atoms with Gasteiger partial charge in [-0.3, -0.25) is 9.69 Å². The number of amides is 1. The quantitative estimate of drug-likeness (QED) is 0.756. The van der Waals surface area contributed by atoms with E-state index in [4.69, 9.17) is 4.74 Å². The molecule has 4 rings (SSSR count). The van der Waals surface area contributed by atoms with Crippen LogP contribution in [0.3, 0.4) is 0 Å². The maximum absolute atomic E-state index is 11.7. The van der Waals surface area contributed by atoms with Crippen LogP contribution in [0.25, 0.3) is 0 Å². The molecule has 0 spiro atoms. The molecule has 0 unspecified atom stereocenters. The number of anilines is 3. The topological polar surface area (TPSA) is 91.4 Å². The summed E-state index contributed by atoms with van der Waals surface area (Å²) >= 11 is 0. The first-order valence-electron chi connectivity index (χ1n) is 9.22. The van der Waals surface area contributed by atoms with Crippen LogP contribution in [0.4, 0.5) is 17.3 Å². The molecule has 0 bridgehead atoms. The second-order valence-electron chi connectivity index (χ2n) is 7.09. The van der Waals surface area contributed by atoms with Crippen molar-refractivity contribution in [1.29, 1.82) is 0 Å². The monoisotopic (exact) mass is 346 g/mol. The number of ether oxygens (including phenoxy) is 1. The summed E-state index contributed by atoms with van der Waals surface area (Å²) in [5, 5.41) is 9.43. The number of morpholine rings is 1. The third-order valence-electron chi connectivity index (χ3n) is 5.58. The summed E-state index contributed by atoms with van der Waals surface area (Å²) < 4.78 is 5.55. The van der Waals surface area contributed by atoms with Crippen molar-refractivity contribution < 1.29 is 9.53 Å². The van der Waals surface area contributed by atoms with Gasteiger partial charge in [0.15, 0.2) is 11.6 Å². The first kappa shape index (κ1) is 16.5. The van der Waals surface area contributed by atoms with Gasteiger partial charge in [0.2, 0.25) is 5.91 Å². The summed E-state index contributed by atoms with van der Waals surface area (Å²) in [4.78, 5) is 22.9. The van der Waals surface area contributed by atoms with Crippen LogP contribution in [-0.2, 0) is 9.53 Å². The number of rotatable bonds is 4. The van der Waals surface area contributed by atoms with Gasteiger partial charge in [0.1, 0.15) is 12.0 Å². The van der Waals surface area contributed by atoms with Crippen LogP contribution in [0.15, 0.2) is 6.33 Å². The minimum atomic E-state index is -0.0640. The summed E-state index contributed by atoms with van der Waals surface area (Å²) in [7, 11) is 0. The molecule has 3 N–H and O–H groups in total. The lowest BCUT2D eigenvalue weighted by atomic mass is 9.79. The van der Waals surface area contributed by atoms with Gasteiger partial charge in [-0.25, -0.2) is 9.97 Å². The second-order valence-corrected chi connectivity index (χ2v) is 7.09. The van der Waals surface area contributed by atoms with Crippen LogP contribution in [0.1, 0.15) is 32.1 Å². The smallest absolute Gasteiger partial charge is 0.243 e. The van der Waals surface area contributed by atoms with Gasteiger partial charge in [0.25, 0.3) is 0 Å². The number of carbonyl (C=O) groups excluding carboxylic acids is 1. The molecule has 25 heavy (non-hydrogen) atoms. The highest BCUT2D eigenvalue weighted by Crippen LogP contribution is 2.36. The molecular formula is C17H26N6O2. The number of aromatic nitrogens is 2. The van der Waals surface area contributed by atoms with Crippen molar-refractivity contribution in [2.45, 2.75) is 37.6 Å². The Morgan fingerprint density at radius 3 is 2.80 bits per heavy atom. The van der Waals surface area contributed by atoms with Crippen LogP contribution >= 0.6 is 0 Å². The molecule has 2 fully saturated rings. The molecule has 0 atom stereocenters. The fourth-order valence-corrected chi connectivity index (χ4v) is 4.22. The molecule has 1 saturated carbocycles. The molecule has 1 aliphatic carbocycles. The number of nitrogens with zero attached hydrogens (tertiary/aromatic N) is 3. The highest BCUT2D eigenvalue weighted by Gasteiger charge is 2.38. The summed E-state index contributed by atoms with van der Waals surface area (Å²) in [5.74, 6) is 1.32. The lowest BCUT2D eigenvalue weighted by Gasteiger charge is -2.48. The number of nitrogens with one attached hydrogen (secondary N) is 3. The first-order chi connectivity index (χ1) is 12.3. The minimum Gasteiger partial charge on any atom is -0.379 e.